The van der Waals surface area contributed by atoms with Gasteiger partial charge in [-0.3, -0.25) is 14.4 Å². The lowest BCUT2D eigenvalue weighted by Crippen LogP contribution is -2.21. The molecule has 0 fully saturated rings. The first-order valence-electron chi connectivity index (χ1n) is 8.80. The summed E-state index contributed by atoms with van der Waals surface area (Å²) in [5.41, 5.74) is 0. The summed E-state index contributed by atoms with van der Waals surface area (Å²) in [5.74, 6) is -0.411. The minimum atomic E-state index is -0.253. The van der Waals surface area contributed by atoms with Gasteiger partial charge in [0.25, 0.3) is 0 Å². The quantitative estimate of drug-likeness (QED) is 0.289. The van der Waals surface area contributed by atoms with E-state index in [-0.39, 0.29) is 17.0 Å². The van der Waals surface area contributed by atoms with Crippen molar-refractivity contribution >= 4 is 28.8 Å². The summed E-state index contributed by atoms with van der Waals surface area (Å²) < 4.78 is 4.53. The van der Waals surface area contributed by atoms with Crippen LogP contribution in [-0.2, 0) is 19.1 Å². The maximum atomic E-state index is 11.6. The summed E-state index contributed by atoms with van der Waals surface area (Å²) in [5, 5.41) is 4.34. The summed E-state index contributed by atoms with van der Waals surface area (Å²) in [4.78, 5) is 34.1. The van der Waals surface area contributed by atoms with Gasteiger partial charge in [-0.1, -0.05) is 50.8 Å². The third kappa shape index (κ3) is 15.6. The van der Waals surface area contributed by atoms with Crippen molar-refractivity contribution in [3.8, 4) is 0 Å². The van der Waals surface area contributed by atoms with Gasteiger partial charge in [0, 0.05) is 25.5 Å². The first-order valence-corrected chi connectivity index (χ1v) is 9.68. The van der Waals surface area contributed by atoms with E-state index in [0.29, 0.717) is 32.2 Å². The van der Waals surface area contributed by atoms with Gasteiger partial charge in [0.1, 0.15) is 0 Å². The monoisotopic (exact) mass is 357 g/mol. The molecule has 0 aromatic rings. The molecule has 6 heteroatoms. The normalized spacial score (nSPS) is 10.8. The van der Waals surface area contributed by atoms with E-state index in [0.717, 1.165) is 24.6 Å². The fourth-order valence-corrected chi connectivity index (χ4v) is 2.65. The highest BCUT2D eigenvalue weighted by molar-refractivity contribution is 8.16. The molecule has 1 amide bonds. The van der Waals surface area contributed by atoms with Crippen molar-refractivity contribution in [1.29, 1.82) is 0 Å². The van der Waals surface area contributed by atoms with Gasteiger partial charge >= 0.3 is 5.97 Å². The molecule has 0 aromatic carbocycles. The lowest BCUT2D eigenvalue weighted by atomic mass is 10.1. The molecular formula is C18H31NO4S. The third-order valence-electron chi connectivity index (χ3n) is 3.49. The number of thioether (sulfide) groups is 1. The molecule has 0 radical (unpaired) electrons. The van der Waals surface area contributed by atoms with Crippen LogP contribution in [-0.4, -0.2) is 30.6 Å². The van der Waals surface area contributed by atoms with Crippen molar-refractivity contribution in [2.45, 2.75) is 71.1 Å². The van der Waals surface area contributed by atoms with Crippen LogP contribution in [0.1, 0.15) is 71.1 Å². The molecule has 0 aliphatic heterocycles. The molecule has 0 spiro atoms. The number of carbonyl (C=O) groups excluding carboxylic acids is 3. The minimum Gasteiger partial charge on any atom is -0.469 e. The zero-order chi connectivity index (χ0) is 18.0. The summed E-state index contributed by atoms with van der Waals surface area (Å²) in [6.45, 7) is 2.87. The Labute approximate surface area is 150 Å². The van der Waals surface area contributed by atoms with E-state index in [2.05, 4.69) is 17.0 Å². The Morgan fingerprint density at radius 2 is 1.62 bits per heavy atom. The van der Waals surface area contributed by atoms with Crippen LogP contribution in [0.15, 0.2) is 11.5 Å². The SMILES string of the molecule is CCCCCCCCNC(=O)/C=C\SC(=O)CCCCC(=O)OC. The standard InChI is InChI=1S/C18H31NO4S/c1-3-4-5-6-7-10-14-19-16(20)13-15-24-18(22)12-9-8-11-17(21)23-2/h13,15H,3-12,14H2,1-2H3,(H,19,20)/b15-13-. The molecule has 1 N–H and O–H groups in total. The summed E-state index contributed by atoms with van der Waals surface area (Å²) >= 11 is 1.03. The number of hydrogen-bond acceptors (Lipinski definition) is 5. The molecule has 0 atom stereocenters. The van der Waals surface area contributed by atoms with Gasteiger partial charge in [-0.2, -0.15) is 0 Å². The number of ether oxygens (including phenoxy) is 1. The Bertz CT molecular complexity index is 396. The molecular weight excluding hydrogens is 326 g/mol. The zero-order valence-corrected chi connectivity index (χ0v) is 15.8. The lowest BCUT2D eigenvalue weighted by Gasteiger charge is -2.02. The Morgan fingerprint density at radius 1 is 0.958 bits per heavy atom. The maximum Gasteiger partial charge on any atom is 0.305 e. The van der Waals surface area contributed by atoms with Crippen molar-refractivity contribution in [3.05, 3.63) is 11.5 Å². The maximum absolute atomic E-state index is 11.6. The van der Waals surface area contributed by atoms with Crippen molar-refractivity contribution in [2.75, 3.05) is 13.7 Å². The van der Waals surface area contributed by atoms with Gasteiger partial charge in [0.05, 0.1) is 7.11 Å². The molecule has 0 aliphatic rings. The van der Waals surface area contributed by atoms with Crippen LogP contribution in [0.3, 0.4) is 0 Å². The summed E-state index contributed by atoms with van der Waals surface area (Å²) in [7, 11) is 1.35. The number of esters is 1. The van der Waals surface area contributed by atoms with Crippen molar-refractivity contribution in [3.63, 3.8) is 0 Å². The van der Waals surface area contributed by atoms with Gasteiger partial charge in [-0.25, -0.2) is 0 Å². The van der Waals surface area contributed by atoms with Gasteiger partial charge in [0.15, 0.2) is 5.12 Å². The summed E-state index contributed by atoms with van der Waals surface area (Å²) in [6.07, 6.45) is 10.6. The molecule has 0 bridgehead atoms. The fourth-order valence-electron chi connectivity index (χ4n) is 2.05. The molecule has 138 valence electrons. The van der Waals surface area contributed by atoms with E-state index in [1.54, 1.807) is 0 Å². The highest BCUT2D eigenvalue weighted by atomic mass is 32.2. The average molecular weight is 358 g/mol. The van der Waals surface area contributed by atoms with Crippen LogP contribution >= 0.6 is 11.8 Å². The van der Waals surface area contributed by atoms with Crippen LogP contribution in [0.25, 0.3) is 0 Å². The number of carbonyl (C=O) groups is 3. The molecule has 24 heavy (non-hydrogen) atoms. The number of methoxy groups -OCH3 is 1. The number of rotatable bonds is 14. The zero-order valence-electron chi connectivity index (χ0n) is 15.0. The number of amides is 1. The van der Waals surface area contributed by atoms with Crippen LogP contribution in [0.4, 0.5) is 0 Å². The minimum absolute atomic E-state index is 0.000148. The van der Waals surface area contributed by atoms with Crippen LogP contribution in [0.5, 0.6) is 0 Å². The molecule has 0 aromatic heterocycles. The molecule has 0 saturated heterocycles. The van der Waals surface area contributed by atoms with Gasteiger partial charge < -0.3 is 10.1 Å². The predicted molar refractivity (Wildman–Crippen MR) is 98.6 cm³/mol. The van der Waals surface area contributed by atoms with Crippen molar-refractivity contribution in [1.82, 2.24) is 5.32 Å². The Kier molecular flexibility index (Phi) is 15.7. The van der Waals surface area contributed by atoms with Gasteiger partial charge in [-0.05, 0) is 24.7 Å². The Balaban J connectivity index is 3.55. The molecule has 0 saturated carbocycles. The summed E-state index contributed by atoms with van der Waals surface area (Å²) in [6, 6.07) is 0. The second-order valence-corrected chi connectivity index (χ2v) is 6.60. The van der Waals surface area contributed by atoms with E-state index in [1.807, 2.05) is 0 Å². The van der Waals surface area contributed by atoms with E-state index in [9.17, 15) is 14.4 Å². The highest BCUT2D eigenvalue weighted by Gasteiger charge is 2.04. The van der Waals surface area contributed by atoms with E-state index < -0.39 is 0 Å². The molecule has 0 aliphatic carbocycles. The first kappa shape index (κ1) is 22.7. The molecule has 0 unspecified atom stereocenters. The average Bonchev–Trinajstić information content (AvgIpc) is 2.57. The number of nitrogens with one attached hydrogen (secondary N) is 1. The lowest BCUT2D eigenvalue weighted by molar-refractivity contribution is -0.140. The van der Waals surface area contributed by atoms with Crippen LogP contribution in [0, 0.1) is 0 Å². The topological polar surface area (TPSA) is 72.5 Å². The smallest absolute Gasteiger partial charge is 0.305 e. The highest BCUT2D eigenvalue weighted by Crippen LogP contribution is 2.11. The number of unbranched alkanes of at least 4 members (excludes halogenated alkanes) is 6. The molecule has 5 nitrogen and oxygen atoms in total. The van der Waals surface area contributed by atoms with E-state index in [1.165, 1.54) is 44.3 Å². The fraction of sp³-hybridized carbons (Fsp3) is 0.722. The predicted octanol–water partition coefficient (Wildman–Crippen LogP) is 3.97. The number of hydrogen-bond donors (Lipinski definition) is 1. The van der Waals surface area contributed by atoms with Crippen LogP contribution in [0.2, 0.25) is 0 Å². The van der Waals surface area contributed by atoms with Crippen LogP contribution < -0.4 is 5.32 Å². The van der Waals surface area contributed by atoms with Gasteiger partial charge in [0.2, 0.25) is 5.91 Å². The Hall–Kier alpha value is -1.30. The third-order valence-corrected chi connectivity index (χ3v) is 4.23. The van der Waals surface area contributed by atoms with E-state index >= 15 is 0 Å². The van der Waals surface area contributed by atoms with Crippen molar-refractivity contribution in [2.24, 2.45) is 0 Å². The Morgan fingerprint density at radius 3 is 2.33 bits per heavy atom. The molecule has 0 heterocycles. The molecule has 0 rings (SSSR count). The largest absolute Gasteiger partial charge is 0.469 e. The first-order chi connectivity index (χ1) is 11.6. The van der Waals surface area contributed by atoms with E-state index in [4.69, 9.17) is 0 Å². The second kappa shape index (κ2) is 16.6. The second-order valence-electron chi connectivity index (χ2n) is 5.63. The van der Waals surface area contributed by atoms with Gasteiger partial charge in [-0.15, -0.1) is 0 Å². The van der Waals surface area contributed by atoms with Crippen molar-refractivity contribution < 1.29 is 19.1 Å².